The van der Waals surface area contributed by atoms with Crippen LogP contribution in [0.2, 0.25) is 0 Å². The Bertz CT molecular complexity index is 960. The number of rotatable bonds is 6. The van der Waals surface area contributed by atoms with E-state index >= 15 is 0 Å². The number of aromatic nitrogens is 4. The minimum absolute atomic E-state index is 0. The van der Waals surface area contributed by atoms with Gasteiger partial charge in [0.15, 0.2) is 0 Å². The first-order valence-electron chi connectivity index (χ1n) is 8.87. The molecule has 0 fully saturated rings. The van der Waals surface area contributed by atoms with Crippen LogP contribution in [0.3, 0.4) is 0 Å². The van der Waals surface area contributed by atoms with E-state index < -0.39 is 0 Å². The number of pyridine rings is 1. The standard InChI is InChI=1S/C22H20N4.Pt/c1-2-19(21-12-15-26(24-21)20-8-4-3-5-9-20)16-18-11-14-25(17-18)22-10-6-7-13-23-22;/h3-8,10-15,19H,2,16H2,1H3;/q-2;+2. The maximum atomic E-state index is 4.77. The summed E-state index contributed by atoms with van der Waals surface area (Å²) in [4.78, 5) is 4.37. The van der Waals surface area contributed by atoms with Crippen LogP contribution in [0.25, 0.3) is 11.5 Å². The second-order valence-electron chi connectivity index (χ2n) is 6.25. The van der Waals surface area contributed by atoms with Gasteiger partial charge in [0, 0.05) is 18.3 Å². The van der Waals surface area contributed by atoms with Crippen molar-refractivity contribution in [2.75, 3.05) is 0 Å². The Morgan fingerprint density at radius 1 is 1.04 bits per heavy atom. The van der Waals surface area contributed by atoms with Crippen LogP contribution in [-0.2, 0) is 27.5 Å². The van der Waals surface area contributed by atoms with Crippen molar-refractivity contribution in [3.63, 3.8) is 0 Å². The van der Waals surface area contributed by atoms with Crippen molar-refractivity contribution in [1.82, 2.24) is 19.3 Å². The molecule has 5 heteroatoms. The van der Waals surface area contributed by atoms with Crippen molar-refractivity contribution in [2.45, 2.75) is 25.7 Å². The van der Waals surface area contributed by atoms with Gasteiger partial charge in [-0.15, -0.1) is 17.8 Å². The third-order valence-corrected chi connectivity index (χ3v) is 4.51. The Balaban J connectivity index is 0.00000210. The van der Waals surface area contributed by atoms with E-state index in [2.05, 4.69) is 36.3 Å². The van der Waals surface area contributed by atoms with Crippen LogP contribution in [0.1, 0.15) is 30.5 Å². The van der Waals surface area contributed by atoms with Crippen molar-refractivity contribution in [3.8, 4) is 11.5 Å². The largest absolute Gasteiger partial charge is 2.00 e. The number of hydrogen-bond donors (Lipinski definition) is 0. The predicted molar refractivity (Wildman–Crippen MR) is 102 cm³/mol. The first-order valence-corrected chi connectivity index (χ1v) is 8.87. The van der Waals surface area contributed by atoms with E-state index in [0.717, 1.165) is 30.0 Å². The molecule has 0 radical (unpaired) electrons. The zero-order valence-corrected chi connectivity index (χ0v) is 17.3. The van der Waals surface area contributed by atoms with E-state index in [1.807, 2.05) is 64.1 Å². The van der Waals surface area contributed by atoms with E-state index in [1.54, 1.807) is 6.20 Å². The van der Waals surface area contributed by atoms with Gasteiger partial charge in [-0.2, -0.15) is 35.4 Å². The molecule has 138 valence electrons. The summed E-state index contributed by atoms with van der Waals surface area (Å²) in [6.45, 7) is 2.20. The third-order valence-electron chi connectivity index (χ3n) is 4.51. The molecule has 27 heavy (non-hydrogen) atoms. The van der Waals surface area contributed by atoms with Gasteiger partial charge in [-0.25, -0.2) is 0 Å². The van der Waals surface area contributed by atoms with Gasteiger partial charge in [-0.1, -0.05) is 25.3 Å². The molecule has 1 aromatic carbocycles. The van der Waals surface area contributed by atoms with Crippen LogP contribution in [0.4, 0.5) is 0 Å². The molecule has 3 heterocycles. The molecule has 0 aliphatic carbocycles. The van der Waals surface area contributed by atoms with Crippen molar-refractivity contribution in [3.05, 3.63) is 96.7 Å². The van der Waals surface area contributed by atoms with Crippen LogP contribution < -0.4 is 0 Å². The summed E-state index contributed by atoms with van der Waals surface area (Å²) in [5.74, 6) is 1.24. The first-order chi connectivity index (χ1) is 12.8. The zero-order valence-electron chi connectivity index (χ0n) is 15.0. The van der Waals surface area contributed by atoms with Crippen LogP contribution in [0, 0.1) is 12.3 Å². The SMILES string of the molecule is CCC(Cc1[c-]n(-c2ccccn2)cc1)c1ccn(-c2[c-]cccc2)n1.[Pt+2]. The molecule has 4 rings (SSSR count). The summed E-state index contributed by atoms with van der Waals surface area (Å²) in [6, 6.07) is 21.2. The summed E-state index contributed by atoms with van der Waals surface area (Å²) in [7, 11) is 0. The van der Waals surface area contributed by atoms with Crippen molar-refractivity contribution in [1.29, 1.82) is 0 Å². The Kier molecular flexibility index (Phi) is 6.41. The molecule has 1 unspecified atom stereocenters. The maximum absolute atomic E-state index is 4.77. The second kappa shape index (κ2) is 8.96. The summed E-state index contributed by atoms with van der Waals surface area (Å²) < 4.78 is 3.83. The fourth-order valence-corrected chi connectivity index (χ4v) is 3.08. The van der Waals surface area contributed by atoms with Gasteiger partial charge in [-0.3, -0.25) is 9.67 Å². The van der Waals surface area contributed by atoms with Crippen molar-refractivity contribution in [2.24, 2.45) is 0 Å². The number of hydrogen-bond acceptors (Lipinski definition) is 2. The topological polar surface area (TPSA) is 35.6 Å². The van der Waals surface area contributed by atoms with Gasteiger partial charge < -0.3 is 4.57 Å². The van der Waals surface area contributed by atoms with Gasteiger partial charge >= 0.3 is 21.1 Å². The Morgan fingerprint density at radius 3 is 2.67 bits per heavy atom. The third kappa shape index (κ3) is 4.45. The summed E-state index contributed by atoms with van der Waals surface area (Å²) in [5.41, 5.74) is 3.23. The molecule has 3 aromatic heterocycles. The summed E-state index contributed by atoms with van der Waals surface area (Å²) >= 11 is 0. The average Bonchev–Trinajstić information content (AvgIpc) is 3.37. The van der Waals surface area contributed by atoms with Crippen molar-refractivity contribution >= 4 is 0 Å². The molecule has 0 aliphatic heterocycles. The normalized spacial score (nSPS) is 11.7. The predicted octanol–water partition coefficient (Wildman–Crippen LogP) is 4.39. The van der Waals surface area contributed by atoms with Gasteiger partial charge in [0.05, 0.1) is 11.5 Å². The Labute approximate surface area is 174 Å². The van der Waals surface area contributed by atoms with E-state index in [9.17, 15) is 0 Å². The minimum Gasteiger partial charge on any atom is -0.435 e. The van der Waals surface area contributed by atoms with Crippen LogP contribution in [0.15, 0.2) is 73.2 Å². The average molecular weight is 536 g/mol. The van der Waals surface area contributed by atoms with E-state index in [4.69, 9.17) is 5.10 Å². The van der Waals surface area contributed by atoms with Gasteiger partial charge in [0.1, 0.15) is 0 Å². The monoisotopic (exact) mass is 535 g/mol. The summed E-state index contributed by atoms with van der Waals surface area (Å²) in [6.07, 6.45) is 11.2. The van der Waals surface area contributed by atoms with E-state index in [-0.39, 0.29) is 21.1 Å². The molecule has 0 saturated heterocycles. The Hall–Kier alpha value is -2.45. The molecule has 1 atom stereocenters. The maximum Gasteiger partial charge on any atom is 2.00 e. The molecule has 0 bridgehead atoms. The molecule has 0 N–H and O–H groups in total. The molecule has 4 aromatic rings. The Morgan fingerprint density at radius 2 is 1.93 bits per heavy atom. The molecule has 4 nitrogen and oxygen atoms in total. The molecular weight excluding hydrogens is 515 g/mol. The van der Waals surface area contributed by atoms with Gasteiger partial charge in [0.25, 0.3) is 0 Å². The van der Waals surface area contributed by atoms with Gasteiger partial charge in [-0.05, 0) is 30.7 Å². The minimum atomic E-state index is 0. The molecule has 0 amide bonds. The number of para-hydroxylation sites is 1. The molecule has 0 saturated carbocycles. The van der Waals surface area contributed by atoms with Crippen LogP contribution in [0.5, 0.6) is 0 Å². The number of benzene rings is 1. The number of nitrogens with zero attached hydrogens (tertiary/aromatic N) is 4. The van der Waals surface area contributed by atoms with E-state index in [0.29, 0.717) is 5.92 Å². The fraction of sp³-hybridized carbons (Fsp3) is 0.182. The first kappa shape index (κ1) is 19.3. The van der Waals surface area contributed by atoms with Crippen LogP contribution >= 0.6 is 0 Å². The van der Waals surface area contributed by atoms with E-state index in [1.165, 1.54) is 5.56 Å². The van der Waals surface area contributed by atoms with Crippen LogP contribution in [-0.4, -0.2) is 19.3 Å². The second-order valence-corrected chi connectivity index (χ2v) is 6.25. The summed E-state index contributed by atoms with van der Waals surface area (Å²) in [5, 5.41) is 4.77. The smallest absolute Gasteiger partial charge is 0.435 e. The fourth-order valence-electron chi connectivity index (χ4n) is 3.08. The zero-order chi connectivity index (χ0) is 17.8. The molecular formula is C22H20N4Pt. The van der Waals surface area contributed by atoms with Crippen molar-refractivity contribution < 1.29 is 21.1 Å². The quantitative estimate of drug-likeness (QED) is 0.344. The molecule has 0 aliphatic rings. The van der Waals surface area contributed by atoms with Gasteiger partial charge in [0.2, 0.25) is 0 Å². The molecule has 0 spiro atoms.